The number of fused-ring (bicyclic) bond motifs is 7. The second-order valence-electron chi connectivity index (χ2n) is 16.6. The Hall–Kier alpha value is -7.48. The van der Waals surface area contributed by atoms with Gasteiger partial charge in [0.25, 0.3) is 0 Å². The van der Waals surface area contributed by atoms with E-state index in [9.17, 15) is 0 Å². The van der Waals surface area contributed by atoms with E-state index in [4.69, 9.17) is 0 Å². The molecule has 296 valence electrons. The fraction of sp³-hybridized carbons (Fsp3) is 0.0820. The van der Waals surface area contributed by atoms with Crippen LogP contribution in [0.3, 0.4) is 0 Å². The number of rotatable bonds is 9. The first-order chi connectivity index (χ1) is 30.7. The minimum atomic E-state index is -0.0863. The zero-order chi connectivity index (χ0) is 41.6. The third-order valence-corrected chi connectivity index (χ3v) is 13.5. The molecule has 0 fully saturated rings. The third-order valence-electron chi connectivity index (χ3n) is 13.5. The van der Waals surface area contributed by atoms with E-state index < -0.39 is 0 Å². The summed E-state index contributed by atoms with van der Waals surface area (Å²) in [5.74, 6) is 0. The first kappa shape index (κ1) is 37.5. The van der Waals surface area contributed by atoms with Crippen LogP contribution in [0.4, 0.5) is 17.1 Å². The molecule has 0 radical (unpaired) electrons. The van der Waals surface area contributed by atoms with Crippen LogP contribution in [0.15, 0.2) is 212 Å². The van der Waals surface area contributed by atoms with Gasteiger partial charge in [0, 0.05) is 22.5 Å². The van der Waals surface area contributed by atoms with E-state index >= 15 is 0 Å². The van der Waals surface area contributed by atoms with Gasteiger partial charge in [0.15, 0.2) is 0 Å². The number of hydrogen-bond donors (Lipinski definition) is 0. The summed E-state index contributed by atoms with van der Waals surface area (Å²) in [5.41, 5.74) is 16.4. The van der Waals surface area contributed by atoms with E-state index in [2.05, 4.69) is 243 Å². The molecule has 1 nitrogen and oxygen atoms in total. The highest BCUT2D eigenvalue weighted by Gasteiger charge is 2.41. The lowest BCUT2D eigenvalue weighted by Gasteiger charge is -2.32. The van der Waals surface area contributed by atoms with E-state index in [0.29, 0.717) is 0 Å². The average molecular weight is 794 g/mol. The summed E-state index contributed by atoms with van der Waals surface area (Å²) in [6.07, 6.45) is 6.69. The second kappa shape index (κ2) is 15.5. The molecular formula is C61H47N. The Balaban J connectivity index is 1.01. The molecule has 0 amide bonds. The Morgan fingerprint density at radius 1 is 0.371 bits per heavy atom. The van der Waals surface area contributed by atoms with Crippen LogP contribution in [0.5, 0.6) is 0 Å². The Morgan fingerprint density at radius 3 is 1.47 bits per heavy atom. The molecule has 1 aliphatic rings. The summed E-state index contributed by atoms with van der Waals surface area (Å²) < 4.78 is 0. The van der Waals surface area contributed by atoms with Gasteiger partial charge in [-0.3, -0.25) is 0 Å². The zero-order valence-electron chi connectivity index (χ0n) is 35.2. The van der Waals surface area contributed by atoms with Crippen molar-refractivity contribution in [1.82, 2.24) is 0 Å². The van der Waals surface area contributed by atoms with Gasteiger partial charge in [-0.1, -0.05) is 202 Å². The second-order valence-corrected chi connectivity index (χ2v) is 16.6. The average Bonchev–Trinajstić information content (AvgIpc) is 3.62. The van der Waals surface area contributed by atoms with Crippen molar-refractivity contribution in [2.24, 2.45) is 0 Å². The largest absolute Gasteiger partial charge is 0.310 e. The SMILES string of the molecule is CCC1(CC)c2cc(/C=C/c3ccc(-c4c(-c5ccccc5)c5ccccc5c5ccccc45)c4ccccc34)ccc2-c2ccc(N(c3ccccc3)c3ccccc3)cc21. The van der Waals surface area contributed by atoms with E-state index in [1.165, 1.54) is 93.6 Å². The van der Waals surface area contributed by atoms with Crippen LogP contribution in [0.25, 0.3) is 77.9 Å². The number of benzene rings is 10. The molecule has 11 rings (SSSR count). The van der Waals surface area contributed by atoms with E-state index in [-0.39, 0.29) is 5.41 Å². The van der Waals surface area contributed by atoms with Crippen LogP contribution >= 0.6 is 0 Å². The van der Waals surface area contributed by atoms with Crippen molar-refractivity contribution in [3.8, 4) is 33.4 Å². The molecule has 62 heavy (non-hydrogen) atoms. The number of hydrogen-bond acceptors (Lipinski definition) is 1. The van der Waals surface area contributed by atoms with Gasteiger partial charge in [0.1, 0.15) is 0 Å². The number of nitrogens with zero attached hydrogens (tertiary/aromatic N) is 1. The molecule has 0 N–H and O–H groups in total. The maximum Gasteiger partial charge on any atom is 0.0465 e. The Bertz CT molecular complexity index is 3260. The topological polar surface area (TPSA) is 3.24 Å². The van der Waals surface area contributed by atoms with Crippen molar-refractivity contribution >= 4 is 61.5 Å². The maximum absolute atomic E-state index is 2.47. The van der Waals surface area contributed by atoms with Gasteiger partial charge < -0.3 is 4.90 Å². The molecule has 10 aromatic carbocycles. The fourth-order valence-corrected chi connectivity index (χ4v) is 10.6. The first-order valence-corrected chi connectivity index (χ1v) is 22.1. The van der Waals surface area contributed by atoms with Crippen LogP contribution in [-0.4, -0.2) is 0 Å². The molecule has 0 atom stereocenters. The maximum atomic E-state index is 2.47. The summed E-state index contributed by atoms with van der Waals surface area (Å²) in [7, 11) is 0. The van der Waals surface area contributed by atoms with Crippen LogP contribution in [0.1, 0.15) is 48.9 Å². The fourth-order valence-electron chi connectivity index (χ4n) is 10.6. The van der Waals surface area contributed by atoms with Crippen molar-refractivity contribution < 1.29 is 0 Å². The quantitative estimate of drug-likeness (QED) is 0.104. The lowest BCUT2D eigenvalue weighted by Crippen LogP contribution is -2.23. The molecule has 0 saturated heterocycles. The highest BCUT2D eigenvalue weighted by molar-refractivity contribution is 6.23. The number of para-hydroxylation sites is 2. The van der Waals surface area contributed by atoms with E-state index in [1.807, 2.05) is 0 Å². The van der Waals surface area contributed by atoms with Crippen LogP contribution < -0.4 is 4.90 Å². The molecule has 1 heteroatoms. The van der Waals surface area contributed by atoms with Crippen molar-refractivity contribution in [3.05, 3.63) is 235 Å². The molecule has 0 unspecified atom stereocenters. The predicted octanol–water partition coefficient (Wildman–Crippen LogP) is 17.2. The molecule has 0 spiro atoms. The van der Waals surface area contributed by atoms with E-state index in [1.54, 1.807) is 0 Å². The van der Waals surface area contributed by atoms with Gasteiger partial charge in [0.05, 0.1) is 0 Å². The summed E-state index contributed by atoms with van der Waals surface area (Å²) in [4.78, 5) is 2.38. The lowest BCUT2D eigenvalue weighted by molar-refractivity contribution is 0.490. The van der Waals surface area contributed by atoms with Gasteiger partial charge in [-0.2, -0.15) is 0 Å². The van der Waals surface area contributed by atoms with Crippen LogP contribution in [0.2, 0.25) is 0 Å². The van der Waals surface area contributed by atoms with Gasteiger partial charge >= 0.3 is 0 Å². The molecule has 0 bridgehead atoms. The lowest BCUT2D eigenvalue weighted by atomic mass is 9.73. The third kappa shape index (κ3) is 6.07. The smallest absolute Gasteiger partial charge is 0.0465 e. The molecular weight excluding hydrogens is 747 g/mol. The monoisotopic (exact) mass is 793 g/mol. The molecule has 0 aromatic heterocycles. The normalized spacial score (nSPS) is 12.9. The highest BCUT2D eigenvalue weighted by atomic mass is 15.1. The minimum absolute atomic E-state index is 0.0863. The standard InChI is InChI=1S/C61H47N/c1-3-61(4-2)57-40-42(33-37-52(57)53-39-36-47(41-58(53)61)62(45-22-10-6-11-23-45)46-24-12-7-13-25-46)32-34-43-35-38-56(49-27-15-14-26-48(43)49)60-55-31-19-17-29-51(55)50-28-16-18-30-54(50)59(60)44-20-8-5-9-21-44/h5-41H,3-4H2,1-2H3/b34-32+. The van der Waals surface area contributed by atoms with E-state index in [0.717, 1.165) is 24.2 Å². The summed E-state index contributed by atoms with van der Waals surface area (Å²) in [5, 5.41) is 7.60. The van der Waals surface area contributed by atoms with Gasteiger partial charge in [-0.25, -0.2) is 0 Å². The highest BCUT2D eigenvalue weighted by Crippen LogP contribution is 2.55. The Morgan fingerprint density at radius 2 is 0.855 bits per heavy atom. The van der Waals surface area contributed by atoms with Crippen molar-refractivity contribution in [3.63, 3.8) is 0 Å². The van der Waals surface area contributed by atoms with Crippen molar-refractivity contribution in [1.29, 1.82) is 0 Å². The molecule has 0 saturated carbocycles. The van der Waals surface area contributed by atoms with Gasteiger partial charge in [-0.15, -0.1) is 0 Å². The predicted molar refractivity (Wildman–Crippen MR) is 267 cm³/mol. The first-order valence-electron chi connectivity index (χ1n) is 22.1. The van der Waals surface area contributed by atoms with Crippen LogP contribution in [-0.2, 0) is 5.41 Å². The molecule has 0 aliphatic heterocycles. The molecule has 1 aliphatic carbocycles. The number of anilines is 3. The van der Waals surface area contributed by atoms with Crippen molar-refractivity contribution in [2.75, 3.05) is 4.90 Å². The summed E-state index contributed by atoms with van der Waals surface area (Å²) in [6.45, 7) is 4.72. The van der Waals surface area contributed by atoms with Gasteiger partial charge in [0.2, 0.25) is 0 Å². The Labute approximate surface area is 364 Å². The summed E-state index contributed by atoms with van der Waals surface area (Å²) in [6, 6.07) is 78.1. The van der Waals surface area contributed by atoms with Gasteiger partial charge in [-0.05, 0) is 137 Å². The van der Waals surface area contributed by atoms with Crippen molar-refractivity contribution in [2.45, 2.75) is 32.1 Å². The summed E-state index contributed by atoms with van der Waals surface area (Å²) >= 11 is 0. The van der Waals surface area contributed by atoms with Crippen LogP contribution in [0, 0.1) is 0 Å². The zero-order valence-corrected chi connectivity index (χ0v) is 35.2. The molecule has 0 heterocycles. The Kier molecular flexibility index (Phi) is 9.39. The molecule has 10 aromatic rings. The minimum Gasteiger partial charge on any atom is -0.310 e.